The minimum Gasteiger partial charge on any atom is -0.481 e. The molecule has 23 heteroatoms. The number of rotatable bonds is 13. The quantitative estimate of drug-likeness (QED) is 0.114. The maximum Gasteiger partial charge on any atom is 0.303 e. The lowest BCUT2D eigenvalue weighted by atomic mass is 8.89. The lowest BCUT2D eigenvalue weighted by Crippen LogP contribution is -2.49. The number of hydrogen-bond acceptors (Lipinski definition) is 9. The van der Waals surface area contributed by atoms with Crippen molar-refractivity contribution in [2.45, 2.75) is 49.0 Å². The number of anilines is 2. The topological polar surface area (TPSA) is 210 Å². The molecule has 0 spiro atoms. The van der Waals surface area contributed by atoms with Crippen molar-refractivity contribution in [2.24, 2.45) is 5.73 Å². The fourth-order valence-corrected chi connectivity index (χ4v) is 7.50. The summed E-state index contributed by atoms with van der Waals surface area (Å²) in [5.41, 5.74) is 13.5. The highest BCUT2D eigenvalue weighted by atomic mass is 16.4. The summed E-state index contributed by atoms with van der Waals surface area (Å²) in [6.45, 7) is 0.590. The number of nitrogens with zero attached hydrogens (tertiary/aromatic N) is 4. The highest BCUT2D eigenvalue weighted by Crippen LogP contribution is 2.37. The number of amides is 2. The summed E-state index contributed by atoms with van der Waals surface area (Å²) in [7, 11) is 12.7. The zero-order valence-electron chi connectivity index (χ0n) is 26.9. The monoisotopic (exact) mass is 626 g/mol. The number of aromatic nitrogens is 4. The summed E-state index contributed by atoms with van der Waals surface area (Å²) in [6.07, 6.45) is 2.91. The van der Waals surface area contributed by atoms with Gasteiger partial charge >= 0.3 is 5.97 Å². The van der Waals surface area contributed by atoms with Crippen LogP contribution in [0.25, 0.3) is 11.2 Å². The van der Waals surface area contributed by atoms with Gasteiger partial charge in [0.1, 0.15) is 6.04 Å². The summed E-state index contributed by atoms with van der Waals surface area (Å²) in [4.78, 5) is 66.5. The molecule has 3 aromatic rings. The number of carbonyl (C=O) groups is 3. The van der Waals surface area contributed by atoms with Gasteiger partial charge in [-0.25, -0.2) is 9.97 Å². The van der Waals surface area contributed by atoms with Gasteiger partial charge in [-0.2, -0.15) is 4.98 Å². The van der Waals surface area contributed by atoms with E-state index in [4.69, 9.17) is 11.5 Å². The Bertz CT molecular complexity index is 1660. The van der Waals surface area contributed by atoms with Crippen molar-refractivity contribution in [1.29, 1.82) is 0 Å². The number of fused-ring (bicyclic) bond motifs is 3. The SMILES string of the molecule is NC(=O)C(CCC(=O)O)N(CCC[C@]12BBBBBBB[C@@H](BB1)B2)C(=O)c1ccc(NCc2cnc3nc(N)[nH]c(=O)c3n2)cc1. The van der Waals surface area contributed by atoms with Crippen molar-refractivity contribution >= 4 is 112 Å². The molecule has 2 aromatic heterocycles. The number of carbonyl (C=O) groups excluding carboxylic acids is 2. The van der Waals surface area contributed by atoms with Crippen LogP contribution in [0.5, 0.6) is 0 Å². The van der Waals surface area contributed by atoms with Crippen LogP contribution in [0.15, 0.2) is 35.3 Å². The maximum absolute atomic E-state index is 13.9. The third-order valence-corrected chi connectivity index (χ3v) is 9.92. The Labute approximate surface area is 280 Å². The summed E-state index contributed by atoms with van der Waals surface area (Å²) >= 11 is 0. The summed E-state index contributed by atoms with van der Waals surface area (Å²) in [5, 5.41) is 12.8. The van der Waals surface area contributed by atoms with Gasteiger partial charge in [-0.3, -0.25) is 24.2 Å². The van der Waals surface area contributed by atoms with Crippen LogP contribution in [-0.4, -0.2) is 132 Å². The van der Waals surface area contributed by atoms with Crippen molar-refractivity contribution < 1.29 is 19.5 Å². The van der Waals surface area contributed by atoms with E-state index in [0.29, 0.717) is 23.5 Å². The zero-order chi connectivity index (χ0) is 33.4. The van der Waals surface area contributed by atoms with Crippen molar-refractivity contribution in [3.05, 3.63) is 52.1 Å². The van der Waals surface area contributed by atoms with Crippen LogP contribution in [0.4, 0.5) is 11.6 Å². The molecular weight excluding hydrogens is 588 g/mol. The van der Waals surface area contributed by atoms with E-state index in [1.807, 2.05) is 0 Å². The number of carboxylic acids is 1. The molecule has 0 radical (unpaired) electrons. The first kappa shape index (κ1) is 34.4. The molecule has 13 nitrogen and oxygen atoms in total. The average Bonchev–Trinajstić information content (AvgIpc) is 3.43. The standard InChI is InChI=1S/C24H36B10N8O5/c35-18(45)15(6-7-16(43)44)42(9-1-8-24-25-22(26-28-24)27-30-32-34-33-31-29-24)21(47)12-2-4-13(5-3-12)37-10-14-11-38-19-17(39-14)20(46)41-23(36)40-19/h2-5,11,15,22,25-34,37H,1,6-10H2,(H2,35,45)(H,43,44)(H3,36,38,40,41,46)/t15?,22-,24-/m1/s1. The molecule has 7 N–H and O–H groups in total. The minimum absolute atomic E-state index is 0.0349. The van der Waals surface area contributed by atoms with Gasteiger partial charge in [-0.15, -0.1) is 10.7 Å². The molecule has 5 rings (SSSR count). The molecule has 47 heavy (non-hydrogen) atoms. The number of aromatic amines is 1. The second-order valence-corrected chi connectivity index (χ2v) is 13.3. The van der Waals surface area contributed by atoms with E-state index in [1.165, 1.54) is 82.4 Å². The fourth-order valence-electron chi connectivity index (χ4n) is 7.50. The number of hydrogen-bond donors (Lipinski definition) is 5. The highest BCUT2D eigenvalue weighted by molar-refractivity contribution is 7.64. The zero-order valence-corrected chi connectivity index (χ0v) is 26.9. The first-order valence-electron chi connectivity index (χ1n) is 16.8. The van der Waals surface area contributed by atoms with Crippen LogP contribution >= 0.6 is 0 Å². The van der Waals surface area contributed by atoms with E-state index in [2.05, 4.69) is 25.3 Å². The van der Waals surface area contributed by atoms with Gasteiger partial charge in [0, 0.05) is 59.5 Å². The van der Waals surface area contributed by atoms with Crippen LogP contribution in [0, 0.1) is 0 Å². The largest absolute Gasteiger partial charge is 0.481 e. The Hall–Kier alpha value is -3.90. The van der Waals surface area contributed by atoms with Gasteiger partial charge in [0.15, 0.2) is 11.2 Å². The molecule has 2 saturated heterocycles. The van der Waals surface area contributed by atoms with Crippen LogP contribution < -0.4 is 22.3 Å². The lowest BCUT2D eigenvalue weighted by molar-refractivity contribution is -0.137. The van der Waals surface area contributed by atoms with E-state index in [0.717, 1.165) is 18.5 Å². The molecule has 2 aliphatic rings. The van der Waals surface area contributed by atoms with E-state index < -0.39 is 23.5 Å². The Morgan fingerprint density at radius 1 is 1.06 bits per heavy atom. The molecule has 232 valence electrons. The Morgan fingerprint density at radius 3 is 2.60 bits per heavy atom. The third-order valence-electron chi connectivity index (χ3n) is 9.92. The van der Waals surface area contributed by atoms with E-state index >= 15 is 0 Å². The van der Waals surface area contributed by atoms with Gasteiger partial charge in [0.2, 0.25) is 11.9 Å². The summed E-state index contributed by atoms with van der Waals surface area (Å²) in [5.74, 6) is -2.14. The Kier molecular flexibility index (Phi) is 11.6. The van der Waals surface area contributed by atoms with Gasteiger partial charge in [0.05, 0.1) is 54.4 Å². The number of nitrogen functional groups attached to an aromatic ring is 1. The molecule has 2 amide bonds. The molecule has 1 unspecified atom stereocenters. The van der Waals surface area contributed by atoms with Crippen LogP contribution in [0.3, 0.4) is 0 Å². The normalized spacial score (nSPS) is 18.7. The lowest BCUT2D eigenvalue weighted by Gasteiger charge is -2.33. The smallest absolute Gasteiger partial charge is 0.303 e. The molecule has 0 saturated carbocycles. The third kappa shape index (κ3) is 9.13. The molecule has 2 aliphatic heterocycles. The van der Waals surface area contributed by atoms with Crippen molar-refractivity contribution in [3.63, 3.8) is 0 Å². The number of primary amides is 1. The predicted molar refractivity (Wildman–Crippen MR) is 204 cm³/mol. The Balaban J connectivity index is 1.27. The van der Waals surface area contributed by atoms with E-state index in [-0.39, 0.29) is 47.5 Å². The second kappa shape index (κ2) is 15.8. The van der Waals surface area contributed by atoms with Crippen molar-refractivity contribution in [2.75, 3.05) is 17.6 Å². The van der Waals surface area contributed by atoms with Gasteiger partial charge in [0.25, 0.3) is 11.5 Å². The van der Waals surface area contributed by atoms with Crippen LogP contribution in [0.2, 0.25) is 10.7 Å². The minimum atomic E-state index is -1.04. The average molecular weight is 625 g/mol. The number of nitrogens with one attached hydrogen (secondary N) is 2. The number of H-pyrrole nitrogens is 1. The number of nitrogens with two attached hydrogens (primary N) is 2. The molecule has 2 bridgehead atoms. The predicted octanol–water partition coefficient (Wildman–Crippen LogP) is -5.58. The van der Waals surface area contributed by atoms with E-state index in [1.54, 1.807) is 24.3 Å². The summed E-state index contributed by atoms with van der Waals surface area (Å²) in [6, 6.07) is 5.79. The van der Waals surface area contributed by atoms with Gasteiger partial charge in [-0.05, 0) is 37.1 Å². The molecule has 2 fully saturated rings. The highest BCUT2D eigenvalue weighted by Gasteiger charge is 2.41. The van der Waals surface area contributed by atoms with Crippen molar-refractivity contribution in [1.82, 2.24) is 24.8 Å². The number of aliphatic carboxylic acids is 1. The number of benzene rings is 1. The van der Waals surface area contributed by atoms with Crippen LogP contribution in [-0.2, 0) is 16.1 Å². The van der Waals surface area contributed by atoms with E-state index in [9.17, 15) is 24.3 Å². The molecular formula is C24H36B10N8O5. The number of carboxylic acid groups (broad SMARTS) is 1. The molecule has 1 aromatic carbocycles. The van der Waals surface area contributed by atoms with Gasteiger partial charge in [-0.1, -0.05) is 6.42 Å². The second-order valence-electron chi connectivity index (χ2n) is 13.3. The van der Waals surface area contributed by atoms with Crippen LogP contribution in [0.1, 0.15) is 41.7 Å². The molecule has 4 heterocycles. The summed E-state index contributed by atoms with van der Waals surface area (Å²) < 4.78 is 0. The molecule has 3 atom stereocenters. The van der Waals surface area contributed by atoms with Gasteiger partial charge < -0.3 is 26.8 Å². The Morgan fingerprint density at radius 2 is 1.83 bits per heavy atom. The first-order valence-corrected chi connectivity index (χ1v) is 16.8. The fraction of sp³-hybridized carbons (Fsp3) is 0.375. The molecule has 0 aliphatic carbocycles. The maximum atomic E-state index is 13.9. The first-order chi connectivity index (χ1) is 22.6. The van der Waals surface area contributed by atoms with Crippen molar-refractivity contribution in [3.8, 4) is 0 Å².